The number of fused-ring (bicyclic) bond motifs is 3. The third-order valence-corrected chi connectivity index (χ3v) is 7.89. The first-order chi connectivity index (χ1) is 16.4. The van der Waals surface area contributed by atoms with E-state index in [4.69, 9.17) is 9.47 Å². The lowest BCUT2D eigenvalue weighted by atomic mass is 9.77. The van der Waals surface area contributed by atoms with Gasteiger partial charge in [-0.3, -0.25) is 4.72 Å². The summed E-state index contributed by atoms with van der Waals surface area (Å²) in [6, 6.07) is 16.5. The summed E-state index contributed by atoms with van der Waals surface area (Å²) in [6.07, 6.45) is 5.10. The normalized spacial score (nSPS) is 20.7. The summed E-state index contributed by atoms with van der Waals surface area (Å²) >= 11 is 0. The minimum Gasteiger partial charge on any atom is -0.493 e. The van der Waals surface area contributed by atoms with Crippen molar-refractivity contribution in [3.05, 3.63) is 89.8 Å². The maximum absolute atomic E-state index is 14.0. The first-order valence-corrected chi connectivity index (χ1v) is 12.5. The molecule has 0 amide bonds. The Morgan fingerprint density at radius 3 is 2.59 bits per heavy atom. The van der Waals surface area contributed by atoms with Gasteiger partial charge in [0.2, 0.25) is 0 Å². The zero-order valence-corrected chi connectivity index (χ0v) is 19.6. The highest BCUT2D eigenvalue weighted by molar-refractivity contribution is 7.92. The van der Waals surface area contributed by atoms with Crippen LogP contribution < -0.4 is 19.5 Å². The molecule has 3 aromatic carbocycles. The predicted molar refractivity (Wildman–Crippen MR) is 130 cm³/mol. The lowest BCUT2D eigenvalue weighted by Crippen LogP contribution is -2.29. The Kier molecular flexibility index (Phi) is 5.69. The molecule has 3 atom stereocenters. The highest BCUT2D eigenvalue weighted by Crippen LogP contribution is 2.52. The molecule has 0 bridgehead atoms. The zero-order chi connectivity index (χ0) is 23.9. The maximum atomic E-state index is 14.0. The smallest absolute Gasteiger partial charge is 0.261 e. The molecule has 3 aromatic rings. The molecule has 6 nitrogen and oxygen atoms in total. The van der Waals surface area contributed by atoms with Crippen molar-refractivity contribution in [3.63, 3.8) is 0 Å². The van der Waals surface area contributed by atoms with Crippen LogP contribution in [0.5, 0.6) is 11.5 Å². The number of hydrogen-bond donors (Lipinski definition) is 2. The van der Waals surface area contributed by atoms with Crippen LogP contribution in [0.15, 0.2) is 77.7 Å². The fourth-order valence-corrected chi connectivity index (χ4v) is 6.05. The average molecular weight is 481 g/mol. The molecule has 0 unspecified atom stereocenters. The van der Waals surface area contributed by atoms with Gasteiger partial charge in [0.25, 0.3) is 10.0 Å². The second kappa shape index (κ2) is 8.68. The standard InChI is InChI=1S/C26H25FN2O4S/c1-32-24-12-6-9-19(26(24)33-2)25-18-8-5-7-17(18)20-15-16(13-14-22(20)28-25)34(30,31)29-23-11-4-3-10-21(23)27/h3-7,9-15,17-18,25,28-29H,8H2,1-2H3/t17-,18+,25-/m1/s1. The first kappa shape index (κ1) is 22.3. The fraction of sp³-hybridized carbons (Fsp3) is 0.231. The molecule has 0 spiro atoms. The van der Waals surface area contributed by atoms with Crippen LogP contribution in [0.1, 0.15) is 29.5 Å². The third kappa shape index (κ3) is 3.77. The molecule has 5 rings (SSSR count). The van der Waals surface area contributed by atoms with E-state index in [1.54, 1.807) is 32.4 Å². The molecule has 0 fully saturated rings. The number of benzene rings is 3. The largest absolute Gasteiger partial charge is 0.493 e. The van der Waals surface area contributed by atoms with Gasteiger partial charge < -0.3 is 14.8 Å². The number of ether oxygens (including phenoxy) is 2. The van der Waals surface area contributed by atoms with Crippen molar-refractivity contribution in [2.24, 2.45) is 5.92 Å². The van der Waals surface area contributed by atoms with Crippen molar-refractivity contribution in [2.75, 3.05) is 24.3 Å². The summed E-state index contributed by atoms with van der Waals surface area (Å²) in [5, 5.41) is 3.60. The van der Waals surface area contributed by atoms with Gasteiger partial charge in [0.15, 0.2) is 11.5 Å². The van der Waals surface area contributed by atoms with Crippen molar-refractivity contribution in [1.82, 2.24) is 0 Å². The van der Waals surface area contributed by atoms with E-state index in [2.05, 4.69) is 22.2 Å². The van der Waals surface area contributed by atoms with Gasteiger partial charge in [0, 0.05) is 17.2 Å². The first-order valence-electron chi connectivity index (χ1n) is 11.0. The number of sulfonamides is 1. The number of methoxy groups -OCH3 is 2. The number of nitrogens with one attached hydrogen (secondary N) is 2. The third-order valence-electron chi connectivity index (χ3n) is 6.53. The van der Waals surface area contributed by atoms with E-state index in [0.717, 1.165) is 23.2 Å². The monoisotopic (exact) mass is 480 g/mol. The van der Waals surface area contributed by atoms with E-state index in [1.165, 1.54) is 24.3 Å². The van der Waals surface area contributed by atoms with Crippen LogP contribution in [0.3, 0.4) is 0 Å². The van der Waals surface area contributed by atoms with Crippen LogP contribution in [0.4, 0.5) is 15.8 Å². The molecule has 176 valence electrons. The van der Waals surface area contributed by atoms with Crippen LogP contribution in [0, 0.1) is 11.7 Å². The van der Waals surface area contributed by atoms with E-state index in [-0.39, 0.29) is 28.5 Å². The molecule has 2 aliphatic rings. The summed E-state index contributed by atoms with van der Waals surface area (Å²) in [5.41, 5.74) is 2.66. The molecule has 34 heavy (non-hydrogen) atoms. The molecule has 2 N–H and O–H groups in total. The summed E-state index contributed by atoms with van der Waals surface area (Å²) in [4.78, 5) is 0.0905. The Balaban J connectivity index is 1.52. The van der Waals surface area contributed by atoms with E-state index in [9.17, 15) is 12.8 Å². The molecule has 1 aliphatic heterocycles. The van der Waals surface area contributed by atoms with Crippen molar-refractivity contribution < 1.29 is 22.3 Å². The van der Waals surface area contributed by atoms with Crippen molar-refractivity contribution in [2.45, 2.75) is 23.3 Å². The summed E-state index contributed by atoms with van der Waals surface area (Å²) in [5.74, 6) is 0.923. The van der Waals surface area contributed by atoms with Gasteiger partial charge in [0.05, 0.1) is 30.8 Å². The van der Waals surface area contributed by atoms with Crippen LogP contribution >= 0.6 is 0 Å². The summed E-state index contributed by atoms with van der Waals surface area (Å²) in [6.45, 7) is 0. The Labute approximate surface area is 198 Å². The highest BCUT2D eigenvalue weighted by atomic mass is 32.2. The number of rotatable bonds is 6. The molecule has 0 saturated heterocycles. The lowest BCUT2D eigenvalue weighted by molar-refractivity contribution is 0.341. The van der Waals surface area contributed by atoms with Crippen LogP contribution in [-0.4, -0.2) is 22.6 Å². The molecule has 1 heterocycles. The van der Waals surface area contributed by atoms with Gasteiger partial charge in [-0.2, -0.15) is 0 Å². The lowest BCUT2D eigenvalue weighted by Gasteiger charge is -2.38. The highest BCUT2D eigenvalue weighted by Gasteiger charge is 2.40. The molecule has 0 saturated carbocycles. The van der Waals surface area contributed by atoms with Crippen molar-refractivity contribution in [1.29, 1.82) is 0 Å². The maximum Gasteiger partial charge on any atom is 0.261 e. The van der Waals surface area contributed by atoms with E-state index in [1.807, 2.05) is 18.2 Å². The Morgan fingerprint density at radius 1 is 1.00 bits per heavy atom. The molecular weight excluding hydrogens is 455 g/mol. The Bertz CT molecular complexity index is 1370. The number of halogens is 1. The number of anilines is 2. The zero-order valence-electron chi connectivity index (χ0n) is 18.8. The number of para-hydroxylation sites is 2. The molecular formula is C26H25FN2O4S. The van der Waals surface area contributed by atoms with Gasteiger partial charge in [-0.25, -0.2) is 12.8 Å². The minimum atomic E-state index is -3.96. The second-order valence-corrected chi connectivity index (χ2v) is 10.1. The Morgan fingerprint density at radius 2 is 1.82 bits per heavy atom. The Hall–Kier alpha value is -3.52. The van der Waals surface area contributed by atoms with Crippen molar-refractivity contribution >= 4 is 21.4 Å². The van der Waals surface area contributed by atoms with Gasteiger partial charge in [-0.15, -0.1) is 0 Å². The van der Waals surface area contributed by atoms with E-state index >= 15 is 0 Å². The number of allylic oxidation sites excluding steroid dienone is 2. The van der Waals surface area contributed by atoms with E-state index in [0.29, 0.717) is 11.5 Å². The SMILES string of the molecule is COc1cccc([C@@H]2Nc3ccc(S(=O)(=O)Nc4ccccc4F)cc3[C@@H]3C=CC[C@@H]32)c1OC. The topological polar surface area (TPSA) is 76.7 Å². The molecule has 0 aromatic heterocycles. The summed E-state index contributed by atoms with van der Waals surface area (Å²) < 4.78 is 53.6. The van der Waals surface area contributed by atoms with Crippen molar-refractivity contribution in [3.8, 4) is 11.5 Å². The quantitative estimate of drug-likeness (QED) is 0.458. The molecule has 0 radical (unpaired) electrons. The van der Waals surface area contributed by atoms with Gasteiger partial charge in [-0.05, 0) is 54.3 Å². The predicted octanol–water partition coefficient (Wildman–Crippen LogP) is 5.47. The summed E-state index contributed by atoms with van der Waals surface area (Å²) in [7, 11) is -0.721. The van der Waals surface area contributed by atoms with E-state index < -0.39 is 15.8 Å². The molecule has 8 heteroatoms. The average Bonchev–Trinajstić information content (AvgIpc) is 3.34. The molecule has 1 aliphatic carbocycles. The minimum absolute atomic E-state index is 0.0285. The fourth-order valence-electron chi connectivity index (χ4n) is 4.95. The van der Waals surface area contributed by atoms with Crippen LogP contribution in [-0.2, 0) is 10.0 Å². The van der Waals surface area contributed by atoms with Gasteiger partial charge in [0.1, 0.15) is 5.82 Å². The van der Waals surface area contributed by atoms with Crippen LogP contribution in [0.2, 0.25) is 0 Å². The second-order valence-electron chi connectivity index (χ2n) is 8.39. The van der Waals surface area contributed by atoms with Gasteiger partial charge >= 0.3 is 0 Å². The van der Waals surface area contributed by atoms with Gasteiger partial charge in [-0.1, -0.05) is 36.4 Å². The number of hydrogen-bond acceptors (Lipinski definition) is 5. The van der Waals surface area contributed by atoms with Crippen LogP contribution in [0.25, 0.3) is 0 Å².